The van der Waals surface area contributed by atoms with Crippen LogP contribution in [-0.2, 0) is 11.2 Å². The van der Waals surface area contributed by atoms with Gasteiger partial charge < -0.3 is 10.3 Å². The van der Waals surface area contributed by atoms with Crippen molar-refractivity contribution >= 4 is 28.6 Å². The van der Waals surface area contributed by atoms with E-state index in [4.69, 9.17) is 0 Å². The molecule has 2 heterocycles. The molecular weight excluding hydrogens is 342 g/mol. The van der Waals surface area contributed by atoms with E-state index in [0.717, 1.165) is 47.0 Å². The lowest BCUT2D eigenvalue weighted by Crippen LogP contribution is -2.54. The fourth-order valence-electron chi connectivity index (χ4n) is 4.61. The standard InChI is InChI=1S/C21H25N3O3/c1-3-14-8-6-9-15-16(11-22-18(14)15)17(25)12-24-19(26)21(23-20(24)27)10-5-4-7-13(21)2/h6,8-9,11,13,22H,3-5,7,10,12H2,1-2H3,(H,23,27)/t13-,21+/m0/s1. The van der Waals surface area contributed by atoms with Gasteiger partial charge in [0.1, 0.15) is 5.54 Å². The number of Topliss-reactive ketones (excluding diaryl/α,β-unsaturated/α-hetero) is 1. The molecule has 2 aromatic rings. The normalized spacial score (nSPS) is 25.4. The maximum Gasteiger partial charge on any atom is 0.325 e. The Labute approximate surface area is 158 Å². The van der Waals surface area contributed by atoms with Crippen molar-refractivity contribution in [2.45, 2.75) is 51.5 Å². The van der Waals surface area contributed by atoms with Gasteiger partial charge >= 0.3 is 6.03 Å². The van der Waals surface area contributed by atoms with Crippen LogP contribution in [0.4, 0.5) is 4.79 Å². The molecule has 3 amide bonds. The lowest BCUT2D eigenvalue weighted by Gasteiger charge is -2.36. The molecule has 6 nitrogen and oxygen atoms in total. The maximum atomic E-state index is 13.1. The molecule has 1 aliphatic heterocycles. The van der Waals surface area contributed by atoms with Gasteiger partial charge in [0.15, 0.2) is 5.78 Å². The second-order valence-electron chi connectivity index (χ2n) is 7.76. The van der Waals surface area contributed by atoms with Crippen molar-refractivity contribution in [1.82, 2.24) is 15.2 Å². The molecule has 1 aliphatic carbocycles. The van der Waals surface area contributed by atoms with E-state index in [0.29, 0.717) is 12.0 Å². The molecular formula is C21H25N3O3. The van der Waals surface area contributed by atoms with Gasteiger partial charge in [0.2, 0.25) is 0 Å². The molecule has 6 heteroatoms. The molecule has 1 saturated heterocycles. The zero-order valence-electron chi connectivity index (χ0n) is 15.8. The first-order chi connectivity index (χ1) is 13.0. The van der Waals surface area contributed by atoms with Gasteiger partial charge in [0.25, 0.3) is 5.91 Å². The number of ketones is 1. The number of nitrogens with one attached hydrogen (secondary N) is 2. The van der Waals surface area contributed by atoms with Crippen LogP contribution >= 0.6 is 0 Å². The number of carbonyl (C=O) groups is 3. The van der Waals surface area contributed by atoms with Crippen molar-refractivity contribution in [2.24, 2.45) is 5.92 Å². The van der Waals surface area contributed by atoms with Gasteiger partial charge in [-0.1, -0.05) is 44.9 Å². The Hall–Kier alpha value is -2.63. The molecule has 4 rings (SSSR count). The predicted octanol–water partition coefficient (Wildman–Crippen LogP) is 3.41. The summed E-state index contributed by atoms with van der Waals surface area (Å²) in [4.78, 5) is 42.8. The Balaban J connectivity index is 1.60. The average molecular weight is 367 g/mol. The van der Waals surface area contributed by atoms with E-state index in [-0.39, 0.29) is 24.2 Å². The number of fused-ring (bicyclic) bond motifs is 1. The molecule has 142 valence electrons. The van der Waals surface area contributed by atoms with Crippen molar-refractivity contribution in [2.75, 3.05) is 6.54 Å². The number of para-hydroxylation sites is 1. The summed E-state index contributed by atoms with van der Waals surface area (Å²) in [7, 11) is 0. The molecule has 2 aliphatic rings. The van der Waals surface area contributed by atoms with Crippen molar-refractivity contribution in [3.63, 3.8) is 0 Å². The van der Waals surface area contributed by atoms with Crippen LogP contribution in [0.1, 0.15) is 55.5 Å². The number of rotatable bonds is 4. The number of benzene rings is 1. The monoisotopic (exact) mass is 367 g/mol. The van der Waals surface area contributed by atoms with Gasteiger partial charge in [-0.25, -0.2) is 4.79 Å². The van der Waals surface area contributed by atoms with E-state index < -0.39 is 11.6 Å². The van der Waals surface area contributed by atoms with Crippen LogP contribution in [-0.4, -0.2) is 39.7 Å². The molecule has 2 fully saturated rings. The summed E-state index contributed by atoms with van der Waals surface area (Å²) >= 11 is 0. The number of nitrogens with zero attached hydrogens (tertiary/aromatic N) is 1. The number of H-pyrrole nitrogens is 1. The highest BCUT2D eigenvalue weighted by Gasteiger charge is 2.55. The lowest BCUT2D eigenvalue weighted by atomic mass is 9.73. The molecule has 0 radical (unpaired) electrons. The third-order valence-corrected chi connectivity index (χ3v) is 6.29. The van der Waals surface area contributed by atoms with Crippen molar-refractivity contribution < 1.29 is 14.4 Å². The fourth-order valence-corrected chi connectivity index (χ4v) is 4.61. The van der Waals surface area contributed by atoms with Crippen molar-refractivity contribution in [1.29, 1.82) is 0 Å². The number of imide groups is 1. The smallest absolute Gasteiger partial charge is 0.325 e. The van der Waals surface area contributed by atoms with Gasteiger partial charge in [-0.2, -0.15) is 0 Å². The zero-order chi connectivity index (χ0) is 19.2. The molecule has 0 unspecified atom stereocenters. The summed E-state index contributed by atoms with van der Waals surface area (Å²) < 4.78 is 0. The van der Waals surface area contributed by atoms with Crippen LogP contribution in [0.3, 0.4) is 0 Å². The number of aromatic nitrogens is 1. The second-order valence-corrected chi connectivity index (χ2v) is 7.76. The summed E-state index contributed by atoms with van der Waals surface area (Å²) in [6.45, 7) is 3.85. The minimum atomic E-state index is -0.828. The molecule has 1 spiro atoms. The fraction of sp³-hybridized carbons (Fsp3) is 0.476. The first kappa shape index (κ1) is 17.8. The van der Waals surface area contributed by atoms with Crippen LogP contribution in [0, 0.1) is 5.92 Å². The van der Waals surface area contributed by atoms with E-state index in [1.807, 2.05) is 25.1 Å². The summed E-state index contributed by atoms with van der Waals surface area (Å²) in [5.74, 6) is -0.386. The summed E-state index contributed by atoms with van der Waals surface area (Å²) in [6, 6.07) is 5.40. The number of hydrogen-bond donors (Lipinski definition) is 2. The number of aromatic amines is 1. The first-order valence-electron chi connectivity index (χ1n) is 9.74. The summed E-state index contributed by atoms with van der Waals surface area (Å²) in [5.41, 5.74) is 1.78. The largest absolute Gasteiger partial charge is 0.360 e. The number of urea groups is 1. The number of carbonyl (C=O) groups excluding carboxylic acids is 3. The van der Waals surface area contributed by atoms with Gasteiger partial charge in [0.05, 0.1) is 6.54 Å². The van der Waals surface area contributed by atoms with E-state index in [1.165, 1.54) is 0 Å². The van der Waals surface area contributed by atoms with Gasteiger partial charge in [-0.3, -0.25) is 14.5 Å². The predicted molar refractivity (Wildman–Crippen MR) is 103 cm³/mol. The third-order valence-electron chi connectivity index (χ3n) is 6.29. The van der Waals surface area contributed by atoms with Crippen LogP contribution in [0.5, 0.6) is 0 Å². The number of aryl methyl sites for hydroxylation is 1. The van der Waals surface area contributed by atoms with E-state index in [2.05, 4.69) is 17.2 Å². The summed E-state index contributed by atoms with van der Waals surface area (Å²) in [6.07, 6.45) is 6.09. The van der Waals surface area contributed by atoms with Crippen LogP contribution in [0.15, 0.2) is 24.4 Å². The lowest BCUT2D eigenvalue weighted by molar-refractivity contribution is -0.133. The van der Waals surface area contributed by atoms with Crippen molar-refractivity contribution in [3.05, 3.63) is 35.5 Å². The Morgan fingerprint density at radius 3 is 2.85 bits per heavy atom. The Bertz CT molecular complexity index is 932. The van der Waals surface area contributed by atoms with Crippen LogP contribution in [0.25, 0.3) is 10.9 Å². The quantitative estimate of drug-likeness (QED) is 0.642. The summed E-state index contributed by atoms with van der Waals surface area (Å²) in [5, 5.41) is 3.74. The molecule has 0 bridgehead atoms. The molecule has 2 atom stereocenters. The topological polar surface area (TPSA) is 82.3 Å². The first-order valence-corrected chi connectivity index (χ1v) is 9.74. The maximum absolute atomic E-state index is 13.1. The minimum absolute atomic E-state index is 0.0861. The second kappa shape index (κ2) is 6.51. The molecule has 1 aromatic carbocycles. The number of amides is 3. The minimum Gasteiger partial charge on any atom is -0.360 e. The molecule has 1 saturated carbocycles. The average Bonchev–Trinajstić information content (AvgIpc) is 3.20. The van der Waals surface area contributed by atoms with Gasteiger partial charge in [0, 0.05) is 22.7 Å². The molecule has 27 heavy (non-hydrogen) atoms. The van der Waals surface area contributed by atoms with Gasteiger partial charge in [-0.05, 0) is 30.7 Å². The Morgan fingerprint density at radius 1 is 1.30 bits per heavy atom. The highest BCUT2D eigenvalue weighted by Crippen LogP contribution is 2.38. The Kier molecular flexibility index (Phi) is 4.29. The van der Waals surface area contributed by atoms with Crippen LogP contribution in [0.2, 0.25) is 0 Å². The molecule has 1 aromatic heterocycles. The number of hydrogen-bond acceptors (Lipinski definition) is 3. The highest BCUT2D eigenvalue weighted by atomic mass is 16.2. The van der Waals surface area contributed by atoms with Gasteiger partial charge in [-0.15, -0.1) is 0 Å². The van der Waals surface area contributed by atoms with E-state index >= 15 is 0 Å². The van der Waals surface area contributed by atoms with E-state index in [1.54, 1.807) is 6.20 Å². The Morgan fingerprint density at radius 2 is 2.11 bits per heavy atom. The van der Waals surface area contributed by atoms with E-state index in [9.17, 15) is 14.4 Å². The highest BCUT2D eigenvalue weighted by molar-refractivity contribution is 6.14. The van der Waals surface area contributed by atoms with Crippen molar-refractivity contribution in [3.8, 4) is 0 Å². The molecule has 2 N–H and O–H groups in total. The third kappa shape index (κ3) is 2.66. The zero-order valence-corrected chi connectivity index (χ0v) is 15.8. The SMILES string of the molecule is CCc1cccc2c(C(=O)CN3C(=O)N[C@@]4(CCCC[C@@H]4C)C3=O)c[nH]c12. The van der Waals surface area contributed by atoms with Crippen LogP contribution < -0.4 is 5.32 Å².